The van der Waals surface area contributed by atoms with Crippen LogP contribution < -0.4 is 0 Å². The van der Waals surface area contributed by atoms with Gasteiger partial charge in [0.15, 0.2) is 0 Å². The zero-order chi connectivity index (χ0) is 5.98. The van der Waals surface area contributed by atoms with E-state index < -0.39 is 0 Å². The molecule has 1 radical (unpaired) electrons. The lowest BCUT2D eigenvalue weighted by atomic mass is 9.88. The highest BCUT2D eigenvalue weighted by atomic mass is 16.3. The van der Waals surface area contributed by atoms with E-state index in [-0.39, 0.29) is 6.10 Å². The maximum Gasteiger partial charge on any atom is 0.0566 e. The van der Waals surface area contributed by atoms with Crippen molar-refractivity contribution in [1.29, 1.82) is 0 Å². The van der Waals surface area contributed by atoms with Gasteiger partial charge < -0.3 is 5.11 Å². The third-order valence-electron chi connectivity index (χ3n) is 1.86. The summed E-state index contributed by atoms with van der Waals surface area (Å²) in [6, 6.07) is 0. The fourth-order valence-electron chi connectivity index (χ4n) is 1.11. The fraction of sp³-hybridized carbons (Fsp3) is 0.857. The molecule has 0 saturated heterocycles. The van der Waals surface area contributed by atoms with Crippen LogP contribution in [0.15, 0.2) is 0 Å². The van der Waals surface area contributed by atoms with Crippen molar-refractivity contribution in [2.24, 2.45) is 5.92 Å². The monoisotopic (exact) mass is 113 g/mol. The van der Waals surface area contributed by atoms with Crippen LogP contribution in [0.2, 0.25) is 0 Å². The first kappa shape index (κ1) is 6.09. The van der Waals surface area contributed by atoms with Crippen LogP contribution in [0.5, 0.6) is 0 Å². The Kier molecular flexibility index (Phi) is 1.90. The molecule has 1 aliphatic rings. The lowest BCUT2D eigenvalue weighted by molar-refractivity contribution is 0.0930. The van der Waals surface area contributed by atoms with Gasteiger partial charge >= 0.3 is 0 Å². The smallest absolute Gasteiger partial charge is 0.0566 e. The van der Waals surface area contributed by atoms with Gasteiger partial charge in [-0.2, -0.15) is 0 Å². The molecule has 0 heterocycles. The average Bonchev–Trinajstić information content (AvgIpc) is 1.77. The van der Waals surface area contributed by atoms with E-state index in [2.05, 4.69) is 13.3 Å². The van der Waals surface area contributed by atoms with E-state index in [1.807, 2.05) is 0 Å². The molecule has 2 atom stereocenters. The van der Waals surface area contributed by atoms with Crippen LogP contribution in [-0.4, -0.2) is 11.2 Å². The number of hydrogen-bond acceptors (Lipinski definition) is 1. The Morgan fingerprint density at radius 2 is 2.38 bits per heavy atom. The van der Waals surface area contributed by atoms with E-state index in [0.717, 1.165) is 19.3 Å². The molecule has 1 rings (SSSR count). The molecule has 2 unspecified atom stereocenters. The predicted octanol–water partition coefficient (Wildman–Crippen LogP) is 1.37. The Labute approximate surface area is 50.7 Å². The quantitative estimate of drug-likeness (QED) is 0.503. The summed E-state index contributed by atoms with van der Waals surface area (Å²) in [4.78, 5) is 0. The topological polar surface area (TPSA) is 20.2 Å². The molecule has 1 nitrogen and oxygen atoms in total. The molecule has 1 heteroatoms. The molecule has 8 heavy (non-hydrogen) atoms. The van der Waals surface area contributed by atoms with Crippen LogP contribution in [0.25, 0.3) is 0 Å². The molecule has 47 valence electrons. The van der Waals surface area contributed by atoms with Gasteiger partial charge in [0.1, 0.15) is 0 Å². The van der Waals surface area contributed by atoms with E-state index in [1.54, 1.807) is 0 Å². The first-order chi connectivity index (χ1) is 3.80. The molecule has 0 aliphatic heterocycles. The number of hydrogen-bond donors (Lipinski definition) is 1. The molecule has 1 saturated carbocycles. The molecule has 0 aromatic rings. The molecule has 0 bridgehead atoms. The van der Waals surface area contributed by atoms with Crippen LogP contribution in [-0.2, 0) is 0 Å². The van der Waals surface area contributed by atoms with Gasteiger partial charge in [0.05, 0.1) is 6.10 Å². The van der Waals surface area contributed by atoms with E-state index >= 15 is 0 Å². The highest BCUT2D eigenvalue weighted by Crippen LogP contribution is 2.22. The van der Waals surface area contributed by atoms with Gasteiger partial charge in [-0.3, -0.25) is 0 Å². The minimum atomic E-state index is -0.0278. The van der Waals surface area contributed by atoms with Gasteiger partial charge in [-0.15, -0.1) is 0 Å². The summed E-state index contributed by atoms with van der Waals surface area (Å²) in [7, 11) is 0. The first-order valence-corrected chi connectivity index (χ1v) is 3.30. The van der Waals surface area contributed by atoms with Gasteiger partial charge in [-0.25, -0.2) is 0 Å². The average molecular weight is 113 g/mol. The molecule has 1 fully saturated rings. The van der Waals surface area contributed by atoms with E-state index in [1.165, 1.54) is 0 Å². The van der Waals surface area contributed by atoms with Gasteiger partial charge in [-0.1, -0.05) is 6.92 Å². The third kappa shape index (κ3) is 1.22. The Hall–Kier alpha value is -0.0400. The van der Waals surface area contributed by atoms with E-state index in [0.29, 0.717) is 5.92 Å². The van der Waals surface area contributed by atoms with Crippen molar-refractivity contribution in [1.82, 2.24) is 0 Å². The van der Waals surface area contributed by atoms with Gasteiger partial charge in [0.25, 0.3) is 0 Å². The molecule has 0 aromatic carbocycles. The fourth-order valence-corrected chi connectivity index (χ4v) is 1.11. The second kappa shape index (κ2) is 2.49. The van der Waals surface area contributed by atoms with Gasteiger partial charge in [-0.05, 0) is 31.6 Å². The first-order valence-electron chi connectivity index (χ1n) is 3.30. The van der Waals surface area contributed by atoms with Crippen molar-refractivity contribution in [3.8, 4) is 0 Å². The zero-order valence-electron chi connectivity index (χ0n) is 5.30. The standard InChI is InChI=1S/C7H13O/c1-6-4-2-3-5-7(6)8/h2,6-8H,3-5H2,1H3. The van der Waals surface area contributed by atoms with Crippen molar-refractivity contribution in [2.75, 3.05) is 0 Å². The maximum atomic E-state index is 9.16. The summed E-state index contributed by atoms with van der Waals surface area (Å²) in [5.41, 5.74) is 0. The van der Waals surface area contributed by atoms with Crippen LogP contribution in [0.1, 0.15) is 26.2 Å². The minimum absolute atomic E-state index is 0.0278. The van der Waals surface area contributed by atoms with Crippen molar-refractivity contribution in [3.05, 3.63) is 6.42 Å². The molecule has 1 N–H and O–H groups in total. The van der Waals surface area contributed by atoms with Crippen LogP contribution in [0.3, 0.4) is 0 Å². The van der Waals surface area contributed by atoms with Crippen molar-refractivity contribution in [3.63, 3.8) is 0 Å². The van der Waals surface area contributed by atoms with Crippen LogP contribution in [0.4, 0.5) is 0 Å². The number of rotatable bonds is 0. The van der Waals surface area contributed by atoms with Crippen molar-refractivity contribution >= 4 is 0 Å². The van der Waals surface area contributed by atoms with Gasteiger partial charge in [0, 0.05) is 0 Å². The number of aliphatic hydroxyl groups excluding tert-OH is 1. The molecule has 0 aromatic heterocycles. The summed E-state index contributed by atoms with van der Waals surface area (Å²) in [6.07, 6.45) is 5.41. The Balaban J connectivity index is 2.28. The highest BCUT2D eigenvalue weighted by Gasteiger charge is 2.17. The summed E-state index contributed by atoms with van der Waals surface area (Å²) < 4.78 is 0. The Morgan fingerprint density at radius 3 is 2.75 bits per heavy atom. The van der Waals surface area contributed by atoms with E-state index in [9.17, 15) is 0 Å². The summed E-state index contributed by atoms with van der Waals surface area (Å²) in [6.45, 7) is 2.10. The highest BCUT2D eigenvalue weighted by molar-refractivity contribution is 4.80. The largest absolute Gasteiger partial charge is 0.393 e. The van der Waals surface area contributed by atoms with E-state index in [4.69, 9.17) is 5.11 Å². The van der Waals surface area contributed by atoms with Gasteiger partial charge in [0.2, 0.25) is 0 Å². The SMILES string of the molecule is CC1C[CH]CCC1O. The molecule has 0 amide bonds. The third-order valence-corrected chi connectivity index (χ3v) is 1.86. The second-order valence-corrected chi connectivity index (χ2v) is 2.65. The number of aliphatic hydroxyl groups is 1. The lowest BCUT2D eigenvalue weighted by Crippen LogP contribution is -2.21. The molecular formula is C7H13O. The molecular weight excluding hydrogens is 100 g/mol. The minimum Gasteiger partial charge on any atom is -0.393 e. The van der Waals surface area contributed by atoms with Crippen LogP contribution in [0, 0.1) is 12.3 Å². The summed E-state index contributed by atoms with van der Waals surface area (Å²) in [5, 5.41) is 9.16. The van der Waals surface area contributed by atoms with Crippen molar-refractivity contribution in [2.45, 2.75) is 32.3 Å². The maximum absolute atomic E-state index is 9.16. The summed E-state index contributed by atoms with van der Waals surface area (Å²) in [5.74, 6) is 0.503. The summed E-state index contributed by atoms with van der Waals surface area (Å²) >= 11 is 0. The lowest BCUT2D eigenvalue weighted by Gasteiger charge is -2.23. The Morgan fingerprint density at radius 1 is 1.62 bits per heavy atom. The predicted molar refractivity (Wildman–Crippen MR) is 33.3 cm³/mol. The zero-order valence-corrected chi connectivity index (χ0v) is 5.30. The normalized spacial score (nSPS) is 39.8. The molecule has 1 aliphatic carbocycles. The van der Waals surface area contributed by atoms with Crippen molar-refractivity contribution < 1.29 is 5.11 Å². The molecule has 0 spiro atoms. The second-order valence-electron chi connectivity index (χ2n) is 2.65. The van der Waals surface area contributed by atoms with Crippen LogP contribution >= 0.6 is 0 Å². The Bertz CT molecular complexity index is 60.8.